The van der Waals surface area contributed by atoms with Gasteiger partial charge in [0.15, 0.2) is 0 Å². The fourth-order valence-corrected chi connectivity index (χ4v) is 5.67. The number of anilines is 1. The largest absolute Gasteiger partial charge is 0.422 e. The molecule has 1 amide bonds. The van der Waals surface area contributed by atoms with Crippen molar-refractivity contribution in [2.75, 3.05) is 10.8 Å². The average molecular weight is 555 g/mol. The lowest BCUT2D eigenvalue weighted by atomic mass is 10.0. The van der Waals surface area contributed by atoms with Gasteiger partial charge in [-0.25, -0.2) is 17.5 Å². The molecule has 0 aliphatic carbocycles. The molecule has 4 aromatic rings. The molecule has 0 spiro atoms. The molecule has 0 aliphatic heterocycles. The molecule has 4 rings (SSSR count). The van der Waals surface area contributed by atoms with Crippen molar-refractivity contribution in [3.05, 3.63) is 94.3 Å². The molecule has 200 valence electrons. The molecule has 0 radical (unpaired) electrons. The normalized spacial score (nSPS) is 11.2. The molecule has 2 N–H and O–H groups in total. The van der Waals surface area contributed by atoms with Crippen LogP contribution in [-0.4, -0.2) is 20.9 Å². The first kappa shape index (κ1) is 29.1. The number of hydrogen-bond acceptors (Lipinski definition) is 6. The summed E-state index contributed by atoms with van der Waals surface area (Å²) in [5.41, 5.74) is 8.45. The highest BCUT2D eigenvalue weighted by atomic mass is 35.5. The Labute approximate surface area is 228 Å². The van der Waals surface area contributed by atoms with Crippen molar-refractivity contribution in [1.29, 1.82) is 0 Å². The van der Waals surface area contributed by atoms with Crippen LogP contribution in [0.5, 0.6) is 0 Å². The van der Waals surface area contributed by atoms with E-state index in [-0.39, 0.29) is 29.4 Å². The van der Waals surface area contributed by atoms with E-state index in [0.29, 0.717) is 29.5 Å². The fraction of sp³-hybridized carbons (Fsp3) is 0.241. The highest BCUT2D eigenvalue weighted by Gasteiger charge is 2.31. The Morgan fingerprint density at radius 2 is 1.61 bits per heavy atom. The van der Waals surface area contributed by atoms with Gasteiger partial charge in [-0.3, -0.25) is 4.79 Å². The Morgan fingerprint density at radius 3 is 2.29 bits per heavy atom. The molecule has 3 aromatic carbocycles. The van der Waals surface area contributed by atoms with Gasteiger partial charge in [0.05, 0.1) is 16.1 Å². The highest BCUT2D eigenvalue weighted by Crippen LogP contribution is 2.30. The zero-order chi connectivity index (χ0) is 26.6. The number of aryl methyl sites for hydroxylation is 2. The first-order valence-corrected chi connectivity index (χ1v) is 13.6. The maximum atomic E-state index is 13.7. The zero-order valence-electron chi connectivity index (χ0n) is 21.3. The SMILES string of the molecule is Cc1ccc(S(=O)(=O)N(C(=O)CCCCCN)c2ccc3oc(=O)c(-c4ccccc4C)cc3c2)cc1.Cl. The summed E-state index contributed by atoms with van der Waals surface area (Å²) in [5, 5.41) is 0.510. The van der Waals surface area contributed by atoms with E-state index in [1.807, 2.05) is 38.1 Å². The number of sulfonamides is 1. The first-order valence-electron chi connectivity index (χ1n) is 12.2. The van der Waals surface area contributed by atoms with E-state index < -0.39 is 21.6 Å². The maximum absolute atomic E-state index is 13.7. The van der Waals surface area contributed by atoms with Gasteiger partial charge in [0.1, 0.15) is 5.58 Å². The van der Waals surface area contributed by atoms with E-state index in [2.05, 4.69) is 0 Å². The van der Waals surface area contributed by atoms with Gasteiger partial charge >= 0.3 is 5.63 Å². The molecule has 0 fully saturated rings. The van der Waals surface area contributed by atoms with Crippen molar-refractivity contribution >= 4 is 45.0 Å². The second-order valence-electron chi connectivity index (χ2n) is 9.06. The number of carbonyl (C=O) groups is 1. The van der Waals surface area contributed by atoms with Crippen LogP contribution in [0.2, 0.25) is 0 Å². The molecular weight excluding hydrogens is 524 g/mol. The van der Waals surface area contributed by atoms with Crippen molar-refractivity contribution < 1.29 is 17.6 Å². The molecule has 1 aromatic heterocycles. The molecule has 0 saturated heterocycles. The van der Waals surface area contributed by atoms with E-state index in [1.54, 1.807) is 24.3 Å². The van der Waals surface area contributed by atoms with Crippen LogP contribution in [0.4, 0.5) is 5.69 Å². The number of nitrogens with two attached hydrogens (primary N) is 1. The third kappa shape index (κ3) is 6.15. The minimum atomic E-state index is -4.19. The lowest BCUT2D eigenvalue weighted by Gasteiger charge is -2.23. The van der Waals surface area contributed by atoms with E-state index in [0.717, 1.165) is 33.8 Å². The predicted octanol–water partition coefficient (Wildman–Crippen LogP) is 5.74. The third-order valence-electron chi connectivity index (χ3n) is 6.27. The van der Waals surface area contributed by atoms with Crippen LogP contribution in [0.25, 0.3) is 22.1 Å². The van der Waals surface area contributed by atoms with Gasteiger partial charge < -0.3 is 10.2 Å². The summed E-state index contributed by atoms with van der Waals surface area (Å²) in [6.07, 6.45) is 2.06. The van der Waals surface area contributed by atoms with Crippen LogP contribution in [-0.2, 0) is 14.8 Å². The molecule has 9 heteroatoms. The summed E-state index contributed by atoms with van der Waals surface area (Å²) < 4.78 is 33.8. The molecule has 0 unspecified atom stereocenters. The first-order chi connectivity index (χ1) is 17.7. The van der Waals surface area contributed by atoms with Crippen molar-refractivity contribution in [3.63, 3.8) is 0 Å². The van der Waals surface area contributed by atoms with Crippen molar-refractivity contribution in [2.45, 2.75) is 44.4 Å². The standard InChI is InChI=1S/C29H30N2O5S.ClH/c1-20-11-14-24(15-12-20)37(34,35)31(28(32)10-4-3-7-17-30)23-13-16-27-22(18-23)19-26(29(33)36-27)25-9-6-5-8-21(25)2;/h5-6,8-9,11-16,18-19H,3-4,7,10,17,30H2,1-2H3;1H. The number of nitrogens with zero attached hydrogens (tertiary/aromatic N) is 1. The van der Waals surface area contributed by atoms with Gasteiger partial charge in [-0.05, 0) is 80.8 Å². The second kappa shape index (κ2) is 12.4. The van der Waals surface area contributed by atoms with Crippen LogP contribution in [0.1, 0.15) is 36.8 Å². The topological polar surface area (TPSA) is 111 Å². The minimum absolute atomic E-state index is 0. The number of rotatable bonds is 9. The number of hydrogen-bond donors (Lipinski definition) is 1. The Hall–Kier alpha value is -3.46. The molecule has 0 aliphatic rings. The van der Waals surface area contributed by atoms with E-state index in [4.69, 9.17) is 10.2 Å². The lowest BCUT2D eigenvalue weighted by Crippen LogP contribution is -2.37. The molecule has 0 saturated carbocycles. The number of amides is 1. The Morgan fingerprint density at radius 1 is 0.895 bits per heavy atom. The summed E-state index contributed by atoms with van der Waals surface area (Å²) in [4.78, 5) is 26.1. The van der Waals surface area contributed by atoms with E-state index in [1.165, 1.54) is 24.3 Å². The quantitative estimate of drug-likeness (QED) is 0.209. The second-order valence-corrected chi connectivity index (χ2v) is 10.8. The third-order valence-corrected chi connectivity index (χ3v) is 8.03. The lowest BCUT2D eigenvalue weighted by molar-refractivity contribution is -0.117. The highest BCUT2D eigenvalue weighted by molar-refractivity contribution is 7.93. The molecule has 0 bridgehead atoms. The summed E-state index contributed by atoms with van der Waals surface area (Å²) in [6.45, 7) is 4.27. The van der Waals surface area contributed by atoms with Crippen LogP contribution in [0.3, 0.4) is 0 Å². The van der Waals surface area contributed by atoms with E-state index in [9.17, 15) is 18.0 Å². The van der Waals surface area contributed by atoms with Crippen LogP contribution in [0.15, 0.2) is 86.9 Å². The molecule has 1 heterocycles. The molecule has 38 heavy (non-hydrogen) atoms. The van der Waals surface area contributed by atoms with Crippen molar-refractivity contribution in [3.8, 4) is 11.1 Å². The van der Waals surface area contributed by atoms with Crippen molar-refractivity contribution in [2.24, 2.45) is 5.73 Å². The Bertz CT molecular complexity index is 1600. The monoisotopic (exact) mass is 554 g/mol. The van der Waals surface area contributed by atoms with Gasteiger partial charge in [-0.2, -0.15) is 0 Å². The average Bonchev–Trinajstić information content (AvgIpc) is 2.87. The van der Waals surface area contributed by atoms with E-state index >= 15 is 0 Å². The Balaban J connectivity index is 0.00000400. The van der Waals surface area contributed by atoms with Crippen LogP contribution in [0, 0.1) is 13.8 Å². The van der Waals surface area contributed by atoms with Crippen LogP contribution < -0.4 is 15.7 Å². The van der Waals surface area contributed by atoms with Gasteiger partial charge in [0.2, 0.25) is 5.91 Å². The summed E-state index contributed by atoms with van der Waals surface area (Å²) in [5.74, 6) is -0.534. The van der Waals surface area contributed by atoms with Gasteiger partial charge in [-0.1, -0.05) is 48.4 Å². The number of benzene rings is 3. The predicted molar refractivity (Wildman–Crippen MR) is 153 cm³/mol. The molecule has 0 atom stereocenters. The fourth-order valence-electron chi connectivity index (χ4n) is 4.23. The summed E-state index contributed by atoms with van der Waals surface area (Å²) >= 11 is 0. The number of unbranched alkanes of at least 4 members (excludes halogenated alkanes) is 2. The van der Waals surface area contributed by atoms with Crippen LogP contribution >= 0.6 is 12.4 Å². The number of fused-ring (bicyclic) bond motifs is 1. The smallest absolute Gasteiger partial charge is 0.344 e. The van der Waals surface area contributed by atoms with Gasteiger partial charge in [0, 0.05) is 11.8 Å². The molecular formula is C29H31ClN2O5S. The number of halogens is 1. The van der Waals surface area contributed by atoms with Crippen molar-refractivity contribution in [1.82, 2.24) is 0 Å². The van der Waals surface area contributed by atoms with Gasteiger partial charge in [0.25, 0.3) is 10.0 Å². The molecule has 7 nitrogen and oxygen atoms in total. The maximum Gasteiger partial charge on any atom is 0.344 e. The minimum Gasteiger partial charge on any atom is -0.422 e. The zero-order valence-corrected chi connectivity index (χ0v) is 23.0. The Kier molecular flexibility index (Phi) is 9.49. The van der Waals surface area contributed by atoms with Gasteiger partial charge in [-0.15, -0.1) is 12.4 Å². The number of carbonyl (C=O) groups excluding carboxylic acids is 1. The summed E-state index contributed by atoms with van der Waals surface area (Å²) in [6, 6.07) is 20.1. The summed E-state index contributed by atoms with van der Waals surface area (Å²) in [7, 11) is -4.19.